The second-order valence-corrected chi connectivity index (χ2v) is 5.92. The van der Waals surface area contributed by atoms with Crippen LogP contribution in [0.2, 0.25) is 0 Å². The van der Waals surface area contributed by atoms with Crippen LogP contribution in [0.5, 0.6) is 0 Å². The lowest BCUT2D eigenvalue weighted by Crippen LogP contribution is -2.40. The first-order valence-corrected chi connectivity index (χ1v) is 7.45. The first-order chi connectivity index (χ1) is 10.5. The lowest BCUT2D eigenvalue weighted by molar-refractivity contribution is -0.385. The van der Waals surface area contributed by atoms with Gasteiger partial charge in [0.1, 0.15) is 5.56 Å². The molecule has 118 valence electrons. The number of halogens is 2. The fourth-order valence-corrected chi connectivity index (χ4v) is 3.16. The first kappa shape index (κ1) is 14.9. The topological polar surface area (TPSA) is 63.4 Å². The van der Waals surface area contributed by atoms with E-state index in [-0.39, 0.29) is 17.6 Å². The third-order valence-electron chi connectivity index (χ3n) is 4.36. The summed E-state index contributed by atoms with van der Waals surface area (Å²) in [5, 5.41) is 11.1. The Morgan fingerprint density at radius 1 is 1.09 bits per heavy atom. The fraction of sp³-hybridized carbons (Fsp3) is 0.533. The second-order valence-electron chi connectivity index (χ2n) is 5.92. The fourth-order valence-electron chi connectivity index (χ4n) is 3.16. The van der Waals surface area contributed by atoms with Crippen LogP contribution in [0, 0.1) is 21.7 Å². The third kappa shape index (κ3) is 2.67. The molecule has 0 N–H and O–H groups in total. The number of carbonyl (C=O) groups excluding carboxylic acids is 1. The molecule has 0 aromatic heterocycles. The predicted molar refractivity (Wildman–Crippen MR) is 74.5 cm³/mol. The Bertz CT molecular complexity index is 625. The van der Waals surface area contributed by atoms with Crippen molar-refractivity contribution in [3.8, 4) is 0 Å². The Morgan fingerprint density at radius 2 is 1.64 bits per heavy atom. The number of rotatable bonds is 4. The number of nitro benzene ring substituents is 1. The molecule has 2 aliphatic rings. The van der Waals surface area contributed by atoms with Gasteiger partial charge in [-0.25, -0.2) is 8.78 Å². The molecule has 2 aliphatic carbocycles. The molecule has 0 spiro atoms. The van der Waals surface area contributed by atoms with Crippen LogP contribution in [-0.2, 0) is 0 Å². The van der Waals surface area contributed by atoms with Crippen molar-refractivity contribution in [3.05, 3.63) is 39.4 Å². The van der Waals surface area contributed by atoms with E-state index in [0.29, 0.717) is 12.1 Å². The van der Waals surface area contributed by atoms with E-state index in [2.05, 4.69) is 0 Å². The molecule has 0 unspecified atom stereocenters. The molecular weight excluding hydrogens is 294 g/mol. The summed E-state index contributed by atoms with van der Waals surface area (Å²) in [6, 6.07) is 1.26. The minimum absolute atomic E-state index is 0.0488. The van der Waals surface area contributed by atoms with Gasteiger partial charge in [-0.3, -0.25) is 14.9 Å². The van der Waals surface area contributed by atoms with Crippen LogP contribution in [0.1, 0.15) is 48.9 Å². The number of carbonyl (C=O) groups is 1. The quantitative estimate of drug-likeness (QED) is 0.632. The van der Waals surface area contributed by atoms with E-state index in [4.69, 9.17) is 0 Å². The molecule has 0 radical (unpaired) electrons. The Balaban J connectivity index is 1.99. The molecule has 3 rings (SSSR count). The average molecular weight is 310 g/mol. The Kier molecular flexibility index (Phi) is 3.80. The van der Waals surface area contributed by atoms with Gasteiger partial charge in [-0.1, -0.05) is 12.8 Å². The Labute approximate surface area is 126 Å². The van der Waals surface area contributed by atoms with Crippen molar-refractivity contribution in [2.75, 3.05) is 0 Å². The van der Waals surface area contributed by atoms with E-state index in [0.717, 1.165) is 38.5 Å². The lowest BCUT2D eigenvalue weighted by atomic mass is 10.1. The average Bonchev–Trinajstić information content (AvgIpc) is 3.15. The van der Waals surface area contributed by atoms with Gasteiger partial charge in [0.25, 0.3) is 11.6 Å². The van der Waals surface area contributed by atoms with Crippen LogP contribution in [0.25, 0.3) is 0 Å². The second kappa shape index (κ2) is 5.62. The largest absolute Gasteiger partial charge is 0.332 e. The number of nitrogens with zero attached hydrogens (tertiary/aromatic N) is 2. The molecule has 0 heterocycles. The van der Waals surface area contributed by atoms with Crippen molar-refractivity contribution in [3.63, 3.8) is 0 Å². The summed E-state index contributed by atoms with van der Waals surface area (Å²) in [4.78, 5) is 24.6. The number of hydrogen-bond acceptors (Lipinski definition) is 3. The van der Waals surface area contributed by atoms with Gasteiger partial charge in [0.2, 0.25) is 0 Å². The molecule has 1 amide bonds. The summed E-state index contributed by atoms with van der Waals surface area (Å²) in [6.45, 7) is 0. The molecule has 0 aliphatic heterocycles. The summed E-state index contributed by atoms with van der Waals surface area (Å²) >= 11 is 0. The maximum atomic E-state index is 13.5. The Morgan fingerprint density at radius 3 is 2.18 bits per heavy atom. The number of amides is 1. The summed E-state index contributed by atoms with van der Waals surface area (Å²) in [6.07, 6.45) is 5.47. The van der Waals surface area contributed by atoms with Crippen molar-refractivity contribution in [1.29, 1.82) is 0 Å². The molecule has 5 nitrogen and oxygen atoms in total. The highest BCUT2D eigenvalue weighted by Crippen LogP contribution is 2.37. The van der Waals surface area contributed by atoms with Gasteiger partial charge in [-0.05, 0) is 31.7 Å². The summed E-state index contributed by atoms with van der Waals surface area (Å²) < 4.78 is 26.7. The van der Waals surface area contributed by atoms with Crippen LogP contribution in [0.3, 0.4) is 0 Å². The minimum atomic E-state index is -1.32. The maximum Gasteiger partial charge on any atom is 0.285 e. The van der Waals surface area contributed by atoms with E-state index in [9.17, 15) is 23.7 Å². The van der Waals surface area contributed by atoms with Crippen LogP contribution in [-0.4, -0.2) is 27.8 Å². The molecule has 0 atom stereocenters. The normalized spacial score (nSPS) is 18.5. The van der Waals surface area contributed by atoms with Crippen LogP contribution < -0.4 is 0 Å². The molecule has 22 heavy (non-hydrogen) atoms. The van der Waals surface area contributed by atoms with E-state index in [1.165, 1.54) is 0 Å². The van der Waals surface area contributed by atoms with Crippen LogP contribution in [0.4, 0.5) is 14.5 Å². The first-order valence-electron chi connectivity index (χ1n) is 7.45. The smallest absolute Gasteiger partial charge is 0.285 e. The van der Waals surface area contributed by atoms with Gasteiger partial charge in [-0.2, -0.15) is 0 Å². The summed E-state index contributed by atoms with van der Waals surface area (Å²) in [5.74, 6) is -3.11. The van der Waals surface area contributed by atoms with Crippen molar-refractivity contribution in [2.45, 2.75) is 50.6 Å². The monoisotopic (exact) mass is 310 g/mol. The third-order valence-corrected chi connectivity index (χ3v) is 4.36. The molecule has 2 fully saturated rings. The highest BCUT2D eigenvalue weighted by Gasteiger charge is 2.40. The Hall–Kier alpha value is -2.05. The lowest BCUT2D eigenvalue weighted by Gasteiger charge is -2.29. The van der Waals surface area contributed by atoms with Gasteiger partial charge >= 0.3 is 0 Å². The zero-order valence-electron chi connectivity index (χ0n) is 11.9. The molecule has 1 aromatic carbocycles. The van der Waals surface area contributed by atoms with Crippen molar-refractivity contribution >= 4 is 11.6 Å². The molecule has 1 aromatic rings. The van der Waals surface area contributed by atoms with Crippen LogP contribution >= 0.6 is 0 Å². The van der Waals surface area contributed by atoms with E-state index >= 15 is 0 Å². The van der Waals surface area contributed by atoms with Gasteiger partial charge in [0.15, 0.2) is 11.6 Å². The van der Waals surface area contributed by atoms with Gasteiger partial charge in [0.05, 0.1) is 11.0 Å². The molecule has 7 heteroatoms. The van der Waals surface area contributed by atoms with Crippen molar-refractivity contribution in [1.82, 2.24) is 4.90 Å². The van der Waals surface area contributed by atoms with Gasteiger partial charge in [-0.15, -0.1) is 0 Å². The zero-order valence-corrected chi connectivity index (χ0v) is 11.9. The van der Waals surface area contributed by atoms with Gasteiger partial charge < -0.3 is 4.90 Å². The standard InChI is InChI=1S/C15H16F2N2O3/c16-12-7-11(14(19(21)22)8-13(12)17)15(20)18(10-5-6-10)9-3-1-2-4-9/h7-10H,1-6H2. The van der Waals surface area contributed by atoms with E-state index < -0.39 is 28.2 Å². The summed E-state index contributed by atoms with van der Waals surface area (Å²) in [7, 11) is 0. The molecule has 2 saturated carbocycles. The molecule has 0 saturated heterocycles. The molecule has 0 bridgehead atoms. The highest BCUT2D eigenvalue weighted by molar-refractivity contribution is 5.98. The van der Waals surface area contributed by atoms with Crippen molar-refractivity contribution < 1.29 is 18.5 Å². The SMILES string of the molecule is O=C(c1cc(F)c(F)cc1[N+](=O)[O-])N(C1CCCC1)C1CC1. The van der Waals surface area contributed by atoms with Crippen LogP contribution in [0.15, 0.2) is 12.1 Å². The maximum absolute atomic E-state index is 13.5. The van der Waals surface area contributed by atoms with E-state index in [1.807, 2.05) is 0 Å². The molecular formula is C15H16F2N2O3. The number of hydrogen-bond donors (Lipinski definition) is 0. The van der Waals surface area contributed by atoms with E-state index in [1.54, 1.807) is 4.90 Å². The minimum Gasteiger partial charge on any atom is -0.332 e. The van der Waals surface area contributed by atoms with Gasteiger partial charge in [0, 0.05) is 12.1 Å². The number of benzene rings is 1. The highest BCUT2D eigenvalue weighted by atomic mass is 19.2. The predicted octanol–water partition coefficient (Wildman–Crippen LogP) is 3.42. The zero-order chi connectivity index (χ0) is 15.9. The summed E-state index contributed by atoms with van der Waals surface area (Å²) in [5.41, 5.74) is -1.03. The van der Waals surface area contributed by atoms with Crippen molar-refractivity contribution in [2.24, 2.45) is 0 Å². The number of nitro groups is 1.